The van der Waals surface area contributed by atoms with Crippen molar-refractivity contribution in [2.24, 2.45) is 0 Å². The number of amides is 1. The number of aliphatic hydroxyl groups is 1. The molecule has 0 bridgehead atoms. The maximum Gasteiger partial charge on any atom is 0.250 e. The predicted molar refractivity (Wildman–Crippen MR) is 121 cm³/mol. The Morgan fingerprint density at radius 3 is 2.46 bits per heavy atom. The molecule has 3 N–H and O–H groups in total. The van der Waals surface area contributed by atoms with Crippen LogP contribution in [-0.4, -0.2) is 39.8 Å². The van der Waals surface area contributed by atoms with Gasteiger partial charge in [-0.2, -0.15) is 11.8 Å². The zero-order chi connectivity index (χ0) is 21.0. The molecule has 1 aromatic rings. The van der Waals surface area contributed by atoms with Crippen LogP contribution in [0, 0.1) is 5.82 Å². The summed E-state index contributed by atoms with van der Waals surface area (Å²) in [6.07, 6.45) is 9.57. The van der Waals surface area contributed by atoms with Crippen LogP contribution in [0.15, 0.2) is 55.7 Å². The van der Waals surface area contributed by atoms with Gasteiger partial charge in [0.2, 0.25) is 5.91 Å². The molecule has 0 saturated carbocycles. The molecule has 7 heteroatoms. The summed E-state index contributed by atoms with van der Waals surface area (Å²) in [5.41, 5.74) is -0.405. The first kappa shape index (κ1) is 24.1. The number of nitrogens with one attached hydrogen (secondary N) is 2. The third-order valence-electron chi connectivity index (χ3n) is 4.09. The molecular formula is C21H27FN2O2S2. The number of carbonyl (C=O) groups is 1. The van der Waals surface area contributed by atoms with E-state index in [9.17, 15) is 14.3 Å². The van der Waals surface area contributed by atoms with Crippen molar-refractivity contribution in [2.45, 2.75) is 30.9 Å². The molecule has 0 aliphatic rings. The van der Waals surface area contributed by atoms with Crippen molar-refractivity contribution in [1.82, 2.24) is 10.6 Å². The molecule has 1 unspecified atom stereocenters. The fraction of sp³-hybridized carbons (Fsp3) is 0.333. The first-order chi connectivity index (χ1) is 13.3. The van der Waals surface area contributed by atoms with Gasteiger partial charge in [0.1, 0.15) is 5.82 Å². The highest BCUT2D eigenvalue weighted by atomic mass is 32.2. The van der Waals surface area contributed by atoms with Gasteiger partial charge in [-0.05, 0) is 67.3 Å². The first-order valence-corrected chi connectivity index (χ1v) is 10.6. The van der Waals surface area contributed by atoms with E-state index in [2.05, 4.69) is 23.8 Å². The van der Waals surface area contributed by atoms with E-state index in [1.807, 2.05) is 6.26 Å². The molecule has 1 rings (SSSR count). The van der Waals surface area contributed by atoms with Crippen LogP contribution in [0.1, 0.15) is 24.8 Å². The lowest BCUT2D eigenvalue weighted by Gasteiger charge is -2.36. The van der Waals surface area contributed by atoms with Gasteiger partial charge in [0, 0.05) is 6.08 Å². The van der Waals surface area contributed by atoms with Crippen LogP contribution in [-0.2, 0) is 4.79 Å². The first-order valence-electron chi connectivity index (χ1n) is 8.83. The van der Waals surface area contributed by atoms with Gasteiger partial charge in [0.05, 0.1) is 11.6 Å². The molecule has 0 aromatic heterocycles. The van der Waals surface area contributed by atoms with Gasteiger partial charge < -0.3 is 10.4 Å². The third kappa shape index (κ3) is 8.37. The van der Waals surface area contributed by atoms with Crippen LogP contribution in [0.3, 0.4) is 0 Å². The average Bonchev–Trinajstić information content (AvgIpc) is 2.65. The normalized spacial score (nSPS) is 12.4. The monoisotopic (exact) mass is 422 g/mol. The van der Waals surface area contributed by atoms with Gasteiger partial charge in [0.15, 0.2) is 5.11 Å². The molecule has 1 aromatic carbocycles. The van der Waals surface area contributed by atoms with Crippen molar-refractivity contribution in [3.8, 4) is 0 Å². The van der Waals surface area contributed by atoms with E-state index in [0.717, 1.165) is 5.75 Å². The van der Waals surface area contributed by atoms with Gasteiger partial charge in [-0.15, -0.1) is 13.2 Å². The minimum atomic E-state index is -1.10. The number of rotatable bonds is 11. The molecule has 0 aliphatic heterocycles. The Hall–Kier alpha value is -1.96. The third-order valence-corrected chi connectivity index (χ3v) is 4.96. The van der Waals surface area contributed by atoms with Gasteiger partial charge in [0.25, 0.3) is 0 Å². The van der Waals surface area contributed by atoms with Crippen molar-refractivity contribution >= 4 is 41.1 Å². The molecule has 0 aliphatic carbocycles. The number of benzene rings is 1. The van der Waals surface area contributed by atoms with E-state index in [-0.39, 0.29) is 17.0 Å². The number of thiocarbonyl (C=S) groups is 1. The number of hydrogen-bond acceptors (Lipinski definition) is 4. The Balaban J connectivity index is 2.75. The molecule has 4 nitrogen and oxygen atoms in total. The summed E-state index contributed by atoms with van der Waals surface area (Å²) in [5.74, 6) is 0.0613. The van der Waals surface area contributed by atoms with Gasteiger partial charge in [-0.25, -0.2) is 4.39 Å². The molecule has 152 valence electrons. The minimum absolute atomic E-state index is 0.131. The van der Waals surface area contributed by atoms with Crippen LogP contribution < -0.4 is 10.6 Å². The molecule has 1 atom stereocenters. The second kappa shape index (κ2) is 12.5. The smallest absolute Gasteiger partial charge is 0.250 e. The van der Waals surface area contributed by atoms with Crippen molar-refractivity contribution in [3.05, 3.63) is 67.0 Å². The van der Waals surface area contributed by atoms with E-state index in [0.29, 0.717) is 24.8 Å². The summed E-state index contributed by atoms with van der Waals surface area (Å²) >= 11 is 6.90. The summed E-state index contributed by atoms with van der Waals surface area (Å²) in [4.78, 5) is 12.1. The van der Waals surface area contributed by atoms with Crippen molar-refractivity contribution < 1.29 is 14.3 Å². The zero-order valence-corrected chi connectivity index (χ0v) is 17.6. The van der Waals surface area contributed by atoms with Gasteiger partial charge >= 0.3 is 0 Å². The zero-order valence-electron chi connectivity index (χ0n) is 16.0. The largest absolute Gasteiger partial charge is 0.387 e. The van der Waals surface area contributed by atoms with Crippen LogP contribution in [0.25, 0.3) is 6.08 Å². The van der Waals surface area contributed by atoms with E-state index in [1.165, 1.54) is 18.2 Å². The Bertz CT molecular complexity index is 695. The molecule has 1 amide bonds. The summed E-state index contributed by atoms with van der Waals surface area (Å²) in [6.45, 7) is 7.43. The quantitative estimate of drug-likeness (QED) is 0.287. The Labute approximate surface area is 176 Å². The molecule has 0 spiro atoms. The van der Waals surface area contributed by atoms with Crippen LogP contribution in [0.2, 0.25) is 0 Å². The van der Waals surface area contributed by atoms with Gasteiger partial charge in [-0.1, -0.05) is 24.3 Å². The maximum atomic E-state index is 12.9. The summed E-state index contributed by atoms with van der Waals surface area (Å²) < 4.78 is 12.9. The fourth-order valence-electron chi connectivity index (χ4n) is 2.67. The number of carbonyl (C=O) groups excluding carboxylic acids is 1. The topological polar surface area (TPSA) is 61.4 Å². The number of thioether (sulfide) groups is 1. The van der Waals surface area contributed by atoms with Crippen LogP contribution >= 0.6 is 24.0 Å². The number of halogens is 1. The highest BCUT2D eigenvalue weighted by molar-refractivity contribution is 7.98. The second-order valence-electron chi connectivity index (χ2n) is 6.27. The Morgan fingerprint density at radius 1 is 1.32 bits per heavy atom. The van der Waals surface area contributed by atoms with E-state index in [4.69, 9.17) is 12.2 Å². The van der Waals surface area contributed by atoms with Crippen LogP contribution in [0.5, 0.6) is 0 Å². The van der Waals surface area contributed by atoms with Crippen LogP contribution in [0.4, 0.5) is 4.39 Å². The second-order valence-corrected chi connectivity index (χ2v) is 7.66. The highest BCUT2D eigenvalue weighted by Crippen LogP contribution is 2.24. The Kier molecular flexibility index (Phi) is 10.7. The summed E-state index contributed by atoms with van der Waals surface area (Å²) in [6, 6.07) is 5.41. The van der Waals surface area contributed by atoms with E-state index in [1.54, 1.807) is 42.1 Å². The van der Waals surface area contributed by atoms with E-state index < -0.39 is 11.5 Å². The molecule has 28 heavy (non-hydrogen) atoms. The maximum absolute atomic E-state index is 12.9. The lowest BCUT2D eigenvalue weighted by atomic mass is 9.85. The van der Waals surface area contributed by atoms with E-state index >= 15 is 0 Å². The standard InChI is InChI=1S/C21H27FN2O2S2/c1-4-13-21(26,14-5-2)18(12-15-28-3)23-20(27)24-19(25)11-8-16-6-9-17(22)10-7-16/h4-11,18,26H,1-2,12-15H2,3H3,(H2,23,24,25,27)/b11-8+. The van der Waals surface area contributed by atoms with Crippen molar-refractivity contribution in [3.63, 3.8) is 0 Å². The highest BCUT2D eigenvalue weighted by Gasteiger charge is 2.34. The lowest BCUT2D eigenvalue weighted by molar-refractivity contribution is -0.115. The molecule has 0 heterocycles. The lowest BCUT2D eigenvalue weighted by Crippen LogP contribution is -2.55. The van der Waals surface area contributed by atoms with Gasteiger partial charge in [-0.3, -0.25) is 10.1 Å². The fourth-order valence-corrected chi connectivity index (χ4v) is 3.39. The summed E-state index contributed by atoms with van der Waals surface area (Å²) in [5, 5.41) is 16.8. The molecule has 0 radical (unpaired) electrons. The summed E-state index contributed by atoms with van der Waals surface area (Å²) in [7, 11) is 0. The molecular weight excluding hydrogens is 395 g/mol. The predicted octanol–water partition coefficient (Wildman–Crippen LogP) is 3.83. The number of hydrogen-bond donors (Lipinski definition) is 3. The average molecular weight is 423 g/mol. The van der Waals surface area contributed by atoms with Crippen molar-refractivity contribution in [1.29, 1.82) is 0 Å². The molecule has 0 fully saturated rings. The van der Waals surface area contributed by atoms with Crippen molar-refractivity contribution in [2.75, 3.05) is 12.0 Å². The Morgan fingerprint density at radius 2 is 1.93 bits per heavy atom. The molecule has 0 saturated heterocycles. The minimum Gasteiger partial charge on any atom is -0.387 e. The SMILES string of the molecule is C=CCC(O)(CC=C)C(CCSC)NC(=S)NC(=O)/C=C/c1ccc(F)cc1.